The summed E-state index contributed by atoms with van der Waals surface area (Å²) in [6.07, 6.45) is 8.61. The van der Waals surface area contributed by atoms with E-state index in [9.17, 15) is 4.79 Å². The van der Waals surface area contributed by atoms with E-state index in [2.05, 4.69) is 15.1 Å². The number of rotatable bonds is 5. The summed E-state index contributed by atoms with van der Waals surface area (Å²) < 4.78 is 25.5. The van der Waals surface area contributed by atoms with Crippen molar-refractivity contribution < 1.29 is 9.13 Å². The van der Waals surface area contributed by atoms with Crippen molar-refractivity contribution in [3.8, 4) is 22.6 Å². The van der Waals surface area contributed by atoms with Gasteiger partial charge in [-0.05, 0) is 25.0 Å². The summed E-state index contributed by atoms with van der Waals surface area (Å²) in [6, 6.07) is 3.76. The normalized spacial score (nSPS) is 11.5. The van der Waals surface area contributed by atoms with Gasteiger partial charge in [0.15, 0.2) is 5.82 Å². The van der Waals surface area contributed by atoms with E-state index in [0.717, 1.165) is 23.9 Å². The molecule has 33 heavy (non-hydrogen) atoms. The van der Waals surface area contributed by atoms with Crippen LogP contribution in [0.1, 0.15) is 19.4 Å². The molecule has 5 rings (SSSR count). The lowest BCUT2D eigenvalue weighted by molar-refractivity contribution is 0.417. The predicted molar refractivity (Wildman–Crippen MR) is 124 cm³/mol. The number of pyridine rings is 2. The molecular formula is C24H23FN6O2. The molecule has 0 spiro atoms. The monoisotopic (exact) mass is 446 g/mol. The molecule has 0 aliphatic heterocycles. The number of fused-ring (bicyclic) bond motifs is 3. The molecule has 9 heteroatoms. The van der Waals surface area contributed by atoms with E-state index in [1.54, 1.807) is 32.7 Å². The van der Waals surface area contributed by atoms with Gasteiger partial charge in [0.1, 0.15) is 5.75 Å². The zero-order valence-electron chi connectivity index (χ0n) is 18.8. The van der Waals surface area contributed by atoms with Crippen LogP contribution in [0.25, 0.3) is 38.8 Å². The number of benzene rings is 1. The minimum atomic E-state index is -0.549. The molecular weight excluding hydrogens is 423 g/mol. The molecule has 1 aromatic carbocycles. The number of hydrogen-bond donors (Lipinski definition) is 0. The van der Waals surface area contributed by atoms with Gasteiger partial charge in [-0.15, -0.1) is 0 Å². The second-order valence-electron chi connectivity index (χ2n) is 7.81. The highest BCUT2D eigenvalue weighted by molar-refractivity contribution is 6.05. The molecule has 0 atom stereocenters. The third kappa shape index (κ3) is 3.11. The first kappa shape index (κ1) is 20.9. The Kier molecular flexibility index (Phi) is 4.96. The molecule has 4 aromatic heterocycles. The molecule has 0 radical (unpaired) electrons. The SMILES string of the molecule is CCc1cncc(F)c1-n1c(=O)n(C)c2cnc3cc(OC)c(-c4cnn(CC)c4)cc3c21. The van der Waals surface area contributed by atoms with Gasteiger partial charge in [0, 0.05) is 48.6 Å². The number of hydrogen-bond acceptors (Lipinski definition) is 5. The van der Waals surface area contributed by atoms with Crippen LogP contribution in [0, 0.1) is 5.82 Å². The van der Waals surface area contributed by atoms with Crippen molar-refractivity contribution in [2.45, 2.75) is 26.8 Å². The molecule has 4 heterocycles. The van der Waals surface area contributed by atoms with E-state index in [4.69, 9.17) is 4.74 Å². The van der Waals surface area contributed by atoms with Gasteiger partial charge in [-0.2, -0.15) is 5.10 Å². The topological polar surface area (TPSA) is 79.8 Å². The lowest BCUT2D eigenvalue weighted by Gasteiger charge is -2.13. The number of aryl methyl sites for hydroxylation is 3. The van der Waals surface area contributed by atoms with E-state index < -0.39 is 5.82 Å². The van der Waals surface area contributed by atoms with E-state index in [1.165, 1.54) is 9.13 Å². The predicted octanol–water partition coefficient (Wildman–Crippen LogP) is 3.87. The fourth-order valence-electron chi connectivity index (χ4n) is 4.28. The Morgan fingerprint density at radius 1 is 1.12 bits per heavy atom. The summed E-state index contributed by atoms with van der Waals surface area (Å²) in [7, 11) is 3.26. The van der Waals surface area contributed by atoms with Gasteiger partial charge in [-0.1, -0.05) is 6.92 Å². The Hall–Kier alpha value is -4.01. The Morgan fingerprint density at radius 2 is 1.94 bits per heavy atom. The van der Waals surface area contributed by atoms with Gasteiger partial charge in [-0.3, -0.25) is 23.8 Å². The van der Waals surface area contributed by atoms with E-state index in [1.807, 2.05) is 36.9 Å². The smallest absolute Gasteiger partial charge is 0.333 e. The van der Waals surface area contributed by atoms with Crippen LogP contribution < -0.4 is 10.4 Å². The molecule has 0 unspecified atom stereocenters. The Morgan fingerprint density at radius 3 is 2.64 bits per heavy atom. The Bertz CT molecular complexity index is 1580. The highest BCUT2D eigenvalue weighted by atomic mass is 19.1. The minimum Gasteiger partial charge on any atom is -0.496 e. The van der Waals surface area contributed by atoms with Crippen LogP contribution in [0.4, 0.5) is 4.39 Å². The van der Waals surface area contributed by atoms with Gasteiger partial charge in [0.25, 0.3) is 0 Å². The number of nitrogens with zero attached hydrogens (tertiary/aromatic N) is 6. The third-order valence-electron chi connectivity index (χ3n) is 6.03. The first-order valence-electron chi connectivity index (χ1n) is 10.7. The van der Waals surface area contributed by atoms with Crippen LogP contribution in [-0.2, 0) is 20.0 Å². The minimum absolute atomic E-state index is 0.215. The number of methoxy groups -OCH3 is 1. The van der Waals surface area contributed by atoms with Gasteiger partial charge in [0.05, 0.1) is 47.9 Å². The van der Waals surface area contributed by atoms with Crippen molar-refractivity contribution in [1.29, 1.82) is 0 Å². The summed E-state index contributed by atoms with van der Waals surface area (Å²) in [5.74, 6) is 0.0889. The summed E-state index contributed by atoms with van der Waals surface area (Å²) in [5, 5.41) is 5.09. The maximum Gasteiger partial charge on any atom is 0.333 e. The molecule has 0 saturated carbocycles. The van der Waals surface area contributed by atoms with Crippen LogP contribution >= 0.6 is 0 Å². The average molecular weight is 446 g/mol. The number of halogens is 1. The number of imidazole rings is 1. The van der Waals surface area contributed by atoms with E-state index in [-0.39, 0.29) is 11.4 Å². The van der Waals surface area contributed by atoms with Crippen molar-refractivity contribution >= 4 is 21.9 Å². The Labute approximate surface area is 188 Å². The van der Waals surface area contributed by atoms with Crippen LogP contribution in [0.2, 0.25) is 0 Å². The second kappa shape index (κ2) is 7.84. The Balaban J connectivity index is 1.93. The zero-order chi connectivity index (χ0) is 23.3. The summed E-state index contributed by atoms with van der Waals surface area (Å²) in [5.41, 5.74) is 4.02. The fourth-order valence-corrected chi connectivity index (χ4v) is 4.28. The van der Waals surface area contributed by atoms with Gasteiger partial charge in [-0.25, -0.2) is 9.18 Å². The molecule has 0 fully saturated rings. The molecule has 0 aliphatic carbocycles. The maximum atomic E-state index is 15.1. The van der Waals surface area contributed by atoms with Crippen molar-refractivity contribution in [1.82, 2.24) is 28.9 Å². The molecule has 8 nitrogen and oxygen atoms in total. The van der Waals surface area contributed by atoms with Gasteiger partial charge < -0.3 is 4.74 Å². The van der Waals surface area contributed by atoms with Crippen molar-refractivity contribution in [3.05, 3.63) is 65.0 Å². The summed E-state index contributed by atoms with van der Waals surface area (Å²) >= 11 is 0. The largest absolute Gasteiger partial charge is 0.496 e. The van der Waals surface area contributed by atoms with Crippen molar-refractivity contribution in [3.63, 3.8) is 0 Å². The third-order valence-corrected chi connectivity index (χ3v) is 6.03. The molecule has 0 amide bonds. The zero-order valence-corrected chi connectivity index (χ0v) is 18.8. The highest BCUT2D eigenvalue weighted by Crippen LogP contribution is 2.36. The summed E-state index contributed by atoms with van der Waals surface area (Å²) in [6.45, 7) is 4.66. The first-order chi connectivity index (χ1) is 16.0. The van der Waals surface area contributed by atoms with Crippen molar-refractivity contribution in [2.24, 2.45) is 7.05 Å². The lowest BCUT2D eigenvalue weighted by Crippen LogP contribution is -2.22. The molecule has 168 valence electrons. The maximum absolute atomic E-state index is 15.1. The van der Waals surface area contributed by atoms with Crippen LogP contribution in [-0.4, -0.2) is 36.0 Å². The number of aromatic nitrogens is 6. The van der Waals surface area contributed by atoms with E-state index >= 15 is 4.39 Å². The standard InChI is InChI=1S/C24H23FN6O2/c1-5-14-9-26-11-18(25)22(14)31-23-17-7-16(15-10-28-30(6-2)13-15)21(33-4)8-19(17)27-12-20(23)29(3)24(31)32/h7-13H,5-6H2,1-4H3. The molecule has 5 aromatic rings. The van der Waals surface area contributed by atoms with Gasteiger partial charge >= 0.3 is 5.69 Å². The van der Waals surface area contributed by atoms with Crippen LogP contribution in [0.3, 0.4) is 0 Å². The summed E-state index contributed by atoms with van der Waals surface area (Å²) in [4.78, 5) is 21.9. The number of ether oxygens (including phenoxy) is 1. The van der Waals surface area contributed by atoms with Crippen molar-refractivity contribution in [2.75, 3.05) is 7.11 Å². The fraction of sp³-hybridized carbons (Fsp3) is 0.250. The van der Waals surface area contributed by atoms with E-state index in [0.29, 0.717) is 39.7 Å². The lowest BCUT2D eigenvalue weighted by atomic mass is 10.0. The highest BCUT2D eigenvalue weighted by Gasteiger charge is 2.22. The van der Waals surface area contributed by atoms with Crippen LogP contribution in [0.15, 0.2) is 47.9 Å². The first-order valence-corrected chi connectivity index (χ1v) is 10.7. The quantitative estimate of drug-likeness (QED) is 0.410. The molecule has 0 N–H and O–H groups in total. The average Bonchev–Trinajstić information content (AvgIpc) is 3.41. The molecule has 0 bridgehead atoms. The molecule has 0 saturated heterocycles. The second-order valence-corrected chi connectivity index (χ2v) is 7.81. The van der Waals surface area contributed by atoms with Gasteiger partial charge in [0.2, 0.25) is 0 Å². The van der Waals surface area contributed by atoms with Crippen LogP contribution in [0.5, 0.6) is 5.75 Å². The molecule has 0 aliphatic rings.